The summed E-state index contributed by atoms with van der Waals surface area (Å²) in [6, 6.07) is -0.594. The maximum Gasteiger partial charge on any atom is 0.330 e. The van der Waals surface area contributed by atoms with E-state index in [9.17, 15) is 14.4 Å². The van der Waals surface area contributed by atoms with Crippen molar-refractivity contribution in [2.45, 2.75) is 20.3 Å². The van der Waals surface area contributed by atoms with Crippen LogP contribution in [-0.4, -0.2) is 67.0 Å². The van der Waals surface area contributed by atoms with Crippen molar-refractivity contribution in [2.75, 3.05) is 39.4 Å². The Morgan fingerprint density at radius 2 is 1.86 bits per heavy atom. The van der Waals surface area contributed by atoms with Gasteiger partial charge in [0.25, 0.3) is 0 Å². The van der Waals surface area contributed by atoms with E-state index in [1.807, 2.05) is 13.8 Å². The van der Waals surface area contributed by atoms with Crippen molar-refractivity contribution in [1.82, 2.24) is 15.1 Å². The van der Waals surface area contributed by atoms with E-state index in [1.165, 1.54) is 4.90 Å². The molecule has 1 atom stereocenters. The quantitative estimate of drug-likeness (QED) is 0.726. The summed E-state index contributed by atoms with van der Waals surface area (Å²) in [5, 5.41) is 2.27. The van der Waals surface area contributed by atoms with Gasteiger partial charge in [0, 0.05) is 26.2 Å². The smallest absolute Gasteiger partial charge is 0.330 e. The number of amides is 4. The fourth-order valence-corrected chi connectivity index (χ4v) is 2.71. The Morgan fingerprint density at radius 3 is 2.48 bits per heavy atom. The normalized spacial score (nSPS) is 24.6. The fourth-order valence-electron chi connectivity index (χ4n) is 2.71. The van der Waals surface area contributed by atoms with Crippen molar-refractivity contribution in [3.8, 4) is 0 Å². The number of carbonyl (C=O) groups excluding carboxylic acids is 3. The molecule has 0 spiro atoms. The molecular weight excluding hydrogens is 274 g/mol. The van der Waals surface area contributed by atoms with Crippen LogP contribution in [0.4, 0.5) is 4.79 Å². The lowest BCUT2D eigenvalue weighted by Gasteiger charge is -2.32. The Morgan fingerprint density at radius 1 is 1.19 bits per heavy atom. The number of hydrogen-bond acceptors (Lipinski definition) is 5. The van der Waals surface area contributed by atoms with Gasteiger partial charge in [0.1, 0.15) is 5.92 Å². The largest absolute Gasteiger partial charge is 0.379 e. The van der Waals surface area contributed by atoms with Crippen LogP contribution in [0.3, 0.4) is 0 Å². The van der Waals surface area contributed by atoms with Crippen LogP contribution in [0, 0.1) is 11.8 Å². The van der Waals surface area contributed by atoms with Crippen LogP contribution in [0.25, 0.3) is 0 Å². The first-order chi connectivity index (χ1) is 10.0. The molecule has 0 aromatic carbocycles. The van der Waals surface area contributed by atoms with Gasteiger partial charge in [0.15, 0.2) is 0 Å². The monoisotopic (exact) mass is 297 g/mol. The Labute approximate surface area is 124 Å². The highest BCUT2D eigenvalue weighted by molar-refractivity contribution is 6.16. The molecule has 1 unspecified atom stereocenters. The number of nitrogens with one attached hydrogen (secondary N) is 1. The molecule has 0 aliphatic carbocycles. The molecule has 0 aromatic rings. The minimum Gasteiger partial charge on any atom is -0.379 e. The molecule has 2 saturated heterocycles. The van der Waals surface area contributed by atoms with Gasteiger partial charge in [0.2, 0.25) is 11.8 Å². The zero-order valence-electron chi connectivity index (χ0n) is 12.6. The maximum atomic E-state index is 12.3. The molecule has 2 aliphatic heterocycles. The minimum atomic E-state index is -0.758. The van der Waals surface area contributed by atoms with Gasteiger partial charge in [-0.05, 0) is 12.3 Å². The number of barbiturate groups is 1. The van der Waals surface area contributed by atoms with Crippen molar-refractivity contribution in [1.29, 1.82) is 0 Å². The molecule has 118 valence electrons. The average molecular weight is 297 g/mol. The molecule has 2 fully saturated rings. The fraction of sp³-hybridized carbons (Fsp3) is 0.786. The van der Waals surface area contributed by atoms with Gasteiger partial charge in [0.05, 0.1) is 13.2 Å². The Bertz CT molecular complexity index is 418. The van der Waals surface area contributed by atoms with E-state index >= 15 is 0 Å². The first kappa shape index (κ1) is 15.9. The number of nitrogens with zero attached hydrogens (tertiary/aromatic N) is 2. The number of morpholine rings is 1. The highest BCUT2D eigenvalue weighted by Gasteiger charge is 2.41. The Balaban J connectivity index is 1.87. The second-order valence-corrected chi connectivity index (χ2v) is 5.81. The first-order valence-electron chi connectivity index (χ1n) is 7.47. The highest BCUT2D eigenvalue weighted by atomic mass is 16.5. The van der Waals surface area contributed by atoms with Crippen LogP contribution in [0.15, 0.2) is 0 Å². The number of imide groups is 2. The second kappa shape index (κ2) is 7.00. The number of ether oxygens (including phenoxy) is 1. The summed E-state index contributed by atoms with van der Waals surface area (Å²) < 4.78 is 5.27. The van der Waals surface area contributed by atoms with E-state index in [0.717, 1.165) is 32.8 Å². The molecule has 0 aromatic heterocycles. The van der Waals surface area contributed by atoms with Crippen LogP contribution in [0.5, 0.6) is 0 Å². The van der Waals surface area contributed by atoms with E-state index in [2.05, 4.69) is 10.2 Å². The van der Waals surface area contributed by atoms with Gasteiger partial charge in [-0.25, -0.2) is 4.79 Å². The van der Waals surface area contributed by atoms with Crippen molar-refractivity contribution in [2.24, 2.45) is 11.8 Å². The van der Waals surface area contributed by atoms with Crippen LogP contribution < -0.4 is 5.32 Å². The molecule has 21 heavy (non-hydrogen) atoms. The van der Waals surface area contributed by atoms with Crippen molar-refractivity contribution in [3.63, 3.8) is 0 Å². The zero-order valence-corrected chi connectivity index (χ0v) is 12.6. The lowest BCUT2D eigenvalue weighted by molar-refractivity contribution is -0.144. The van der Waals surface area contributed by atoms with E-state index in [-0.39, 0.29) is 11.8 Å². The molecule has 2 aliphatic rings. The van der Waals surface area contributed by atoms with E-state index in [1.54, 1.807) is 0 Å². The molecule has 1 N–H and O–H groups in total. The topological polar surface area (TPSA) is 79.0 Å². The van der Waals surface area contributed by atoms with Gasteiger partial charge in [-0.1, -0.05) is 13.8 Å². The average Bonchev–Trinajstić information content (AvgIpc) is 2.42. The van der Waals surface area contributed by atoms with Crippen LogP contribution in [0.2, 0.25) is 0 Å². The highest BCUT2D eigenvalue weighted by Crippen LogP contribution is 2.19. The van der Waals surface area contributed by atoms with Crippen molar-refractivity contribution >= 4 is 17.8 Å². The third-order valence-corrected chi connectivity index (χ3v) is 3.92. The van der Waals surface area contributed by atoms with Crippen LogP contribution >= 0.6 is 0 Å². The third-order valence-electron chi connectivity index (χ3n) is 3.92. The van der Waals surface area contributed by atoms with Gasteiger partial charge in [-0.15, -0.1) is 0 Å². The third kappa shape index (κ3) is 3.79. The second-order valence-electron chi connectivity index (χ2n) is 5.81. The van der Waals surface area contributed by atoms with E-state index in [0.29, 0.717) is 13.0 Å². The number of hydrogen-bond donors (Lipinski definition) is 1. The number of carbonyl (C=O) groups is 3. The summed E-state index contributed by atoms with van der Waals surface area (Å²) in [4.78, 5) is 39.2. The van der Waals surface area contributed by atoms with Crippen LogP contribution in [-0.2, 0) is 14.3 Å². The zero-order chi connectivity index (χ0) is 15.4. The van der Waals surface area contributed by atoms with Crippen molar-refractivity contribution in [3.05, 3.63) is 0 Å². The molecule has 0 radical (unpaired) electrons. The van der Waals surface area contributed by atoms with Gasteiger partial charge >= 0.3 is 6.03 Å². The molecule has 2 heterocycles. The lowest BCUT2D eigenvalue weighted by atomic mass is 9.92. The van der Waals surface area contributed by atoms with Gasteiger partial charge in [-0.2, -0.15) is 0 Å². The van der Waals surface area contributed by atoms with E-state index < -0.39 is 17.9 Å². The molecule has 2 rings (SSSR count). The predicted octanol–water partition coefficient (Wildman–Crippen LogP) is 0.0593. The summed E-state index contributed by atoms with van der Waals surface area (Å²) in [7, 11) is 0. The summed E-state index contributed by atoms with van der Waals surface area (Å²) in [5.74, 6) is -1.73. The van der Waals surface area contributed by atoms with Gasteiger partial charge in [-0.3, -0.25) is 24.7 Å². The predicted molar refractivity (Wildman–Crippen MR) is 75.5 cm³/mol. The standard InChI is InChI=1S/C14H23N3O4/c1-10(2)11-12(18)15-14(20)17(13(11)19)5-3-4-16-6-8-21-9-7-16/h10-11H,3-9H2,1-2H3,(H,15,18,20). The van der Waals surface area contributed by atoms with Gasteiger partial charge < -0.3 is 4.74 Å². The SMILES string of the molecule is CC(C)C1C(=O)NC(=O)N(CCCN2CCOCC2)C1=O. The van der Waals surface area contributed by atoms with E-state index in [4.69, 9.17) is 4.74 Å². The summed E-state index contributed by atoms with van der Waals surface area (Å²) in [5.41, 5.74) is 0. The summed E-state index contributed by atoms with van der Waals surface area (Å²) >= 11 is 0. The molecule has 0 saturated carbocycles. The minimum absolute atomic E-state index is 0.118. The van der Waals surface area contributed by atoms with Crippen molar-refractivity contribution < 1.29 is 19.1 Å². The summed E-state index contributed by atoms with van der Waals surface area (Å²) in [6.45, 7) is 8.01. The maximum absolute atomic E-state index is 12.3. The first-order valence-corrected chi connectivity index (χ1v) is 7.47. The molecule has 7 heteroatoms. The molecule has 4 amide bonds. The summed E-state index contributed by atoms with van der Waals surface area (Å²) in [6.07, 6.45) is 0.707. The number of rotatable bonds is 5. The molecule has 7 nitrogen and oxygen atoms in total. The molecule has 0 bridgehead atoms. The molecular formula is C14H23N3O4. The lowest BCUT2D eigenvalue weighted by Crippen LogP contribution is -2.59. The Kier molecular flexibility index (Phi) is 5.30. The van der Waals surface area contributed by atoms with Crippen LogP contribution in [0.1, 0.15) is 20.3 Å². The Hall–Kier alpha value is -1.47. The number of urea groups is 1.